The van der Waals surface area contributed by atoms with E-state index in [1.165, 1.54) is 31.4 Å². The third kappa shape index (κ3) is 8.57. The summed E-state index contributed by atoms with van der Waals surface area (Å²) in [6, 6.07) is 12.0. The number of nitrogen functional groups attached to an aromatic ring is 1. The smallest absolute Gasteiger partial charge is 0.305 e. The van der Waals surface area contributed by atoms with Crippen molar-refractivity contribution in [2.45, 2.75) is 43.0 Å². The van der Waals surface area contributed by atoms with Crippen molar-refractivity contribution >= 4 is 27.5 Å². The normalized spacial score (nSPS) is 12.0. The number of rotatable bonds is 13. The van der Waals surface area contributed by atoms with Crippen LogP contribution in [0.2, 0.25) is 0 Å². The molecule has 1 unspecified atom stereocenters. The molecule has 1 amide bonds. The Hall–Kier alpha value is -3.40. The molecule has 0 spiro atoms. The number of methoxy groups -OCH3 is 1. The molecule has 0 heterocycles. The number of carbonyl (C=O) groups is 2. The molecule has 2 rings (SSSR count). The first-order valence-electron chi connectivity index (χ1n) is 10.4. The molecule has 5 N–H and O–H groups in total. The van der Waals surface area contributed by atoms with Crippen LogP contribution in [0.5, 0.6) is 5.75 Å². The van der Waals surface area contributed by atoms with Crippen LogP contribution < -0.4 is 15.8 Å². The number of unbranched alkanes of at least 4 members (excludes halogenated alkanes) is 1. The zero-order valence-corrected chi connectivity index (χ0v) is 19.2. The molecule has 0 bridgehead atoms. The summed E-state index contributed by atoms with van der Waals surface area (Å²) in [5.74, 6) is -1.60. The number of ether oxygens (including phenoxy) is 1. The Morgan fingerprint density at radius 2 is 1.73 bits per heavy atom. The Kier molecular flexibility index (Phi) is 9.41. The summed E-state index contributed by atoms with van der Waals surface area (Å²) in [7, 11) is -2.34. The topological polar surface area (TPSA) is 160 Å². The fraction of sp³-hybridized carbons (Fsp3) is 0.348. The Balaban J connectivity index is 1.88. The molecule has 0 aliphatic heterocycles. The van der Waals surface area contributed by atoms with Crippen LogP contribution in [-0.4, -0.2) is 50.1 Å². The lowest BCUT2D eigenvalue weighted by molar-refractivity contribution is -0.137. The largest absolute Gasteiger partial charge is 0.497 e. The van der Waals surface area contributed by atoms with Gasteiger partial charge in [0.25, 0.3) is 0 Å². The van der Waals surface area contributed by atoms with Gasteiger partial charge < -0.3 is 20.9 Å². The van der Waals surface area contributed by atoms with E-state index >= 15 is 0 Å². The quantitative estimate of drug-likeness (QED) is 0.196. The van der Waals surface area contributed by atoms with E-state index in [1.54, 1.807) is 12.1 Å². The summed E-state index contributed by atoms with van der Waals surface area (Å²) in [4.78, 5) is 23.5. The minimum atomic E-state index is -3.80. The Bertz CT molecular complexity index is 1070. The second kappa shape index (κ2) is 12.0. The summed E-state index contributed by atoms with van der Waals surface area (Å²) in [6.45, 7) is 0. The predicted molar refractivity (Wildman–Crippen MR) is 124 cm³/mol. The number of nitrogens with one attached hydrogen (secondary N) is 2. The lowest BCUT2D eigenvalue weighted by atomic mass is 10.0. The van der Waals surface area contributed by atoms with E-state index < -0.39 is 39.9 Å². The fourth-order valence-electron chi connectivity index (χ4n) is 3.27. The van der Waals surface area contributed by atoms with E-state index in [0.29, 0.717) is 17.7 Å². The van der Waals surface area contributed by atoms with E-state index in [-0.39, 0.29) is 17.2 Å². The molecular weight excluding hydrogens is 446 g/mol. The lowest BCUT2D eigenvalue weighted by Gasteiger charge is -2.17. The number of carbonyl (C=O) groups excluding carboxylic acids is 1. The van der Waals surface area contributed by atoms with Crippen molar-refractivity contribution in [3.05, 3.63) is 59.7 Å². The maximum absolute atomic E-state index is 12.7. The molecule has 0 fully saturated rings. The molecule has 2 aromatic rings. The van der Waals surface area contributed by atoms with Gasteiger partial charge in [0.2, 0.25) is 5.91 Å². The van der Waals surface area contributed by atoms with E-state index in [0.717, 1.165) is 18.4 Å². The van der Waals surface area contributed by atoms with E-state index in [2.05, 4.69) is 5.32 Å². The molecule has 0 aromatic heterocycles. The molecule has 2 aromatic carbocycles. The number of sulfone groups is 1. The number of carboxylic acids is 1. The van der Waals surface area contributed by atoms with Gasteiger partial charge in [-0.05, 0) is 49.1 Å². The maximum atomic E-state index is 12.7. The summed E-state index contributed by atoms with van der Waals surface area (Å²) < 4.78 is 30.4. The second-order valence-electron chi connectivity index (χ2n) is 7.64. The standard InChI is InChI=1S/C23H29N3O6S/c1-32-19-10-12-20(13-11-19)33(30,31)15-18(14-22(28)29)26-21(27)5-3-2-4-16-6-8-17(9-7-16)23(24)25/h6-13,18H,2-5,14-15H2,1H3,(H3,24,25)(H,26,27)(H,28,29). The van der Waals surface area contributed by atoms with Gasteiger partial charge in [-0.15, -0.1) is 0 Å². The Labute approximate surface area is 193 Å². The predicted octanol–water partition coefficient (Wildman–Crippen LogP) is 2.13. The van der Waals surface area contributed by atoms with Crippen molar-refractivity contribution in [2.75, 3.05) is 12.9 Å². The first-order valence-corrected chi connectivity index (χ1v) is 12.1. The zero-order chi connectivity index (χ0) is 24.4. The summed E-state index contributed by atoms with van der Waals surface area (Å²) >= 11 is 0. The minimum Gasteiger partial charge on any atom is -0.497 e. The minimum absolute atomic E-state index is 0.00291. The Morgan fingerprint density at radius 3 is 2.27 bits per heavy atom. The van der Waals surface area contributed by atoms with Crippen LogP contribution in [0, 0.1) is 5.41 Å². The molecule has 9 nitrogen and oxygen atoms in total. The molecule has 0 radical (unpaired) electrons. The first-order chi connectivity index (χ1) is 15.6. The molecule has 10 heteroatoms. The number of benzene rings is 2. The highest BCUT2D eigenvalue weighted by molar-refractivity contribution is 7.91. The SMILES string of the molecule is COc1ccc(S(=O)(=O)CC(CC(=O)O)NC(=O)CCCCc2ccc(C(=N)N)cc2)cc1. The van der Waals surface area contributed by atoms with Crippen LogP contribution in [0.3, 0.4) is 0 Å². The van der Waals surface area contributed by atoms with E-state index in [1.807, 2.05) is 12.1 Å². The van der Waals surface area contributed by atoms with Gasteiger partial charge in [-0.25, -0.2) is 8.42 Å². The fourth-order valence-corrected chi connectivity index (χ4v) is 4.75. The van der Waals surface area contributed by atoms with Gasteiger partial charge in [-0.2, -0.15) is 0 Å². The van der Waals surface area contributed by atoms with Gasteiger partial charge >= 0.3 is 5.97 Å². The number of amides is 1. The highest BCUT2D eigenvalue weighted by Crippen LogP contribution is 2.18. The molecular formula is C23H29N3O6S. The number of nitrogens with two attached hydrogens (primary N) is 1. The van der Waals surface area contributed by atoms with Crippen LogP contribution in [0.25, 0.3) is 0 Å². The van der Waals surface area contributed by atoms with Crippen molar-refractivity contribution in [2.24, 2.45) is 5.73 Å². The van der Waals surface area contributed by atoms with Crippen LogP contribution in [0.4, 0.5) is 0 Å². The van der Waals surface area contributed by atoms with Crippen LogP contribution >= 0.6 is 0 Å². The zero-order valence-electron chi connectivity index (χ0n) is 18.4. The van der Waals surface area contributed by atoms with Crippen molar-refractivity contribution in [3.8, 4) is 5.75 Å². The van der Waals surface area contributed by atoms with Gasteiger partial charge in [0.1, 0.15) is 11.6 Å². The van der Waals surface area contributed by atoms with Crippen LogP contribution in [0.1, 0.15) is 36.8 Å². The molecule has 1 atom stereocenters. The van der Waals surface area contributed by atoms with Gasteiger partial charge in [0.15, 0.2) is 9.84 Å². The highest BCUT2D eigenvalue weighted by Gasteiger charge is 2.25. The molecule has 0 aliphatic rings. The van der Waals surface area contributed by atoms with Crippen LogP contribution in [0.15, 0.2) is 53.4 Å². The number of hydrogen-bond acceptors (Lipinski definition) is 6. The third-order valence-electron chi connectivity index (χ3n) is 5.01. The van der Waals surface area contributed by atoms with Crippen molar-refractivity contribution in [1.82, 2.24) is 5.32 Å². The van der Waals surface area contributed by atoms with Gasteiger partial charge in [-0.1, -0.05) is 24.3 Å². The van der Waals surface area contributed by atoms with E-state index in [9.17, 15) is 18.0 Å². The molecule has 0 aliphatic carbocycles. The monoisotopic (exact) mass is 475 g/mol. The summed E-state index contributed by atoms with van der Waals surface area (Å²) in [6.07, 6.45) is 1.68. The second-order valence-corrected chi connectivity index (χ2v) is 9.67. The maximum Gasteiger partial charge on any atom is 0.305 e. The highest BCUT2D eigenvalue weighted by atomic mass is 32.2. The lowest BCUT2D eigenvalue weighted by Crippen LogP contribution is -2.41. The summed E-state index contributed by atoms with van der Waals surface area (Å²) in [5, 5.41) is 19.1. The summed E-state index contributed by atoms with van der Waals surface area (Å²) in [5.41, 5.74) is 7.13. The average Bonchev–Trinajstić information content (AvgIpc) is 2.76. The number of aliphatic carboxylic acids is 1. The molecule has 33 heavy (non-hydrogen) atoms. The van der Waals surface area contributed by atoms with E-state index in [4.69, 9.17) is 21.0 Å². The first kappa shape index (κ1) is 25.9. The number of amidine groups is 1. The molecule has 178 valence electrons. The third-order valence-corrected chi connectivity index (χ3v) is 6.84. The van der Waals surface area contributed by atoms with Gasteiger partial charge in [0.05, 0.1) is 30.2 Å². The van der Waals surface area contributed by atoms with Crippen molar-refractivity contribution in [1.29, 1.82) is 5.41 Å². The molecule has 0 saturated carbocycles. The van der Waals surface area contributed by atoms with Gasteiger partial charge in [-0.3, -0.25) is 15.0 Å². The number of hydrogen-bond donors (Lipinski definition) is 4. The van der Waals surface area contributed by atoms with Crippen LogP contribution in [-0.2, 0) is 25.8 Å². The Morgan fingerprint density at radius 1 is 1.09 bits per heavy atom. The average molecular weight is 476 g/mol. The van der Waals surface area contributed by atoms with Gasteiger partial charge in [0, 0.05) is 12.0 Å². The number of carboxylic acid groups (broad SMARTS) is 1. The number of aryl methyl sites for hydroxylation is 1. The van der Waals surface area contributed by atoms with Crippen molar-refractivity contribution < 1.29 is 27.9 Å². The van der Waals surface area contributed by atoms with Crippen molar-refractivity contribution in [3.63, 3.8) is 0 Å². The molecule has 0 saturated heterocycles.